The van der Waals surface area contributed by atoms with Crippen molar-refractivity contribution in [2.45, 2.75) is 175 Å². The van der Waals surface area contributed by atoms with Gasteiger partial charge in [0.2, 0.25) is 0 Å². The largest absolute Gasteiger partial charge is 0.376 e. The summed E-state index contributed by atoms with van der Waals surface area (Å²) in [6.07, 6.45) is 7.01. The van der Waals surface area contributed by atoms with Crippen LogP contribution in [0.1, 0.15) is 172 Å². The summed E-state index contributed by atoms with van der Waals surface area (Å²) >= 11 is 2.06. The molecule has 0 bridgehead atoms. The first-order valence-electron chi connectivity index (χ1n) is 30.7. The lowest BCUT2D eigenvalue weighted by Crippen LogP contribution is -2.60. The standard InChI is InChI=1S/C77H82BN3S/c1-47-23-22-24-48(2)68(47)50-40-56-55-31-29-53(79(51-25-18-16-19-26-51)52-27-20-17-21-28-52)43-65(55)81(54-30-32-58-60(42-54)74(8,9)34-33-72(58,4)5)78-69(56)66(41-50)80(64-45-62-59(39-49(64)3)73(6,7)35-37-76(62,12)13)70-57-44-61-63(46-67(57)82-71(70)78)77(14,15)38-36-75(61,10)11/h16-32,39-46H,33-38H2,1-15H3. The molecular formula is C77H82BN3S. The van der Waals surface area contributed by atoms with Gasteiger partial charge < -0.3 is 14.6 Å². The molecule has 8 aromatic carbocycles. The SMILES string of the molecule is Cc1cc2c(cc1N1c3cc(-c4c(C)cccc4C)cc4c3B(c3sc5cc6c(cc5c31)C(C)(C)CCC6(C)C)N(c1ccc3c(c1)C(C)(C)CCC3(C)C)c1cc(N(c3ccccc3)c3ccccc3)ccc1-4)C(C)(C)CCC2(C)C. The molecule has 0 fully saturated rings. The number of anilines is 8. The number of thiophene rings is 1. The molecule has 0 radical (unpaired) electrons. The van der Waals surface area contributed by atoms with Crippen molar-refractivity contribution in [1.29, 1.82) is 0 Å². The van der Waals surface area contributed by atoms with Crippen LogP contribution in [0.5, 0.6) is 0 Å². The minimum Gasteiger partial charge on any atom is -0.376 e. The molecule has 2 aliphatic heterocycles. The highest BCUT2D eigenvalue weighted by Gasteiger charge is 2.50. The molecule has 1 aromatic heterocycles. The van der Waals surface area contributed by atoms with Crippen molar-refractivity contribution in [3.05, 3.63) is 202 Å². The number of rotatable bonds is 6. The second-order valence-corrected chi connectivity index (χ2v) is 30.5. The molecule has 3 aliphatic carbocycles. The van der Waals surface area contributed by atoms with Crippen LogP contribution in [0, 0.1) is 20.8 Å². The fourth-order valence-corrected chi connectivity index (χ4v) is 17.2. The Labute approximate surface area is 494 Å². The first kappa shape index (κ1) is 53.2. The molecular weight excluding hydrogens is 1010 g/mol. The molecule has 14 rings (SSSR count). The van der Waals surface area contributed by atoms with E-state index in [1.54, 1.807) is 0 Å². The topological polar surface area (TPSA) is 9.72 Å². The minimum absolute atomic E-state index is 0.0131. The van der Waals surface area contributed by atoms with Crippen molar-refractivity contribution >= 4 is 84.0 Å². The van der Waals surface area contributed by atoms with Crippen LogP contribution in [0.4, 0.5) is 45.5 Å². The Morgan fingerprint density at radius 3 is 1.52 bits per heavy atom. The van der Waals surface area contributed by atoms with Gasteiger partial charge in [-0.15, -0.1) is 11.3 Å². The summed E-state index contributed by atoms with van der Waals surface area (Å²) in [7, 11) is 0. The number of fused-ring (bicyclic) bond motifs is 9. The number of hydrogen-bond acceptors (Lipinski definition) is 4. The van der Waals surface area contributed by atoms with Gasteiger partial charge in [-0.2, -0.15) is 0 Å². The molecule has 3 heterocycles. The van der Waals surface area contributed by atoms with E-state index in [9.17, 15) is 0 Å². The van der Waals surface area contributed by atoms with Crippen molar-refractivity contribution in [2.24, 2.45) is 0 Å². The van der Waals surface area contributed by atoms with E-state index in [1.165, 1.54) is 147 Å². The fraction of sp³-hybridized carbons (Fsp3) is 0.351. The molecule has 0 atom stereocenters. The van der Waals surface area contributed by atoms with Gasteiger partial charge in [0, 0.05) is 60.2 Å². The van der Waals surface area contributed by atoms with E-state index in [1.807, 2.05) is 0 Å². The first-order valence-corrected chi connectivity index (χ1v) is 31.5. The monoisotopic (exact) mass is 1090 g/mol. The summed E-state index contributed by atoms with van der Waals surface area (Å²) in [4.78, 5) is 8.08. The highest BCUT2D eigenvalue weighted by atomic mass is 32.1. The molecule has 3 nitrogen and oxygen atoms in total. The zero-order chi connectivity index (χ0) is 57.4. The number of aryl methyl sites for hydroxylation is 3. The Balaban J connectivity index is 1.15. The first-order chi connectivity index (χ1) is 38.8. The average Bonchev–Trinajstić information content (AvgIpc) is 3.07. The van der Waals surface area contributed by atoms with Crippen molar-refractivity contribution in [3.63, 3.8) is 0 Å². The maximum atomic E-state index is 2.82. The van der Waals surface area contributed by atoms with E-state index in [-0.39, 0.29) is 39.3 Å². The summed E-state index contributed by atoms with van der Waals surface area (Å²) in [6, 6.07) is 59.7. The van der Waals surface area contributed by atoms with Crippen molar-refractivity contribution < 1.29 is 0 Å². The average molecular weight is 1090 g/mol. The lowest BCUT2D eigenvalue weighted by atomic mass is 9.46. The predicted octanol–water partition coefficient (Wildman–Crippen LogP) is 20.7. The molecule has 0 spiro atoms. The summed E-state index contributed by atoms with van der Waals surface area (Å²) in [5, 5.41) is 1.37. The Morgan fingerprint density at radius 2 is 0.939 bits per heavy atom. The van der Waals surface area contributed by atoms with Crippen LogP contribution in [-0.2, 0) is 32.5 Å². The normalized spacial score (nSPS) is 18.9. The smallest absolute Gasteiger partial charge is 0.343 e. The Morgan fingerprint density at radius 1 is 0.415 bits per heavy atom. The van der Waals surface area contributed by atoms with Crippen LogP contribution in [-0.4, -0.2) is 6.85 Å². The lowest BCUT2D eigenvalue weighted by Gasteiger charge is -2.47. The molecule has 0 N–H and O–H groups in total. The number of hydrogen-bond donors (Lipinski definition) is 0. The number of nitrogens with zero attached hydrogens (tertiary/aromatic N) is 3. The van der Waals surface area contributed by atoms with Gasteiger partial charge in [-0.3, -0.25) is 0 Å². The van der Waals surface area contributed by atoms with Gasteiger partial charge in [-0.05, 0) is 243 Å². The zero-order valence-corrected chi connectivity index (χ0v) is 52.3. The molecule has 0 saturated carbocycles. The van der Waals surface area contributed by atoms with E-state index >= 15 is 0 Å². The molecule has 0 saturated heterocycles. The second kappa shape index (κ2) is 18.1. The lowest BCUT2D eigenvalue weighted by molar-refractivity contribution is 0.332. The third kappa shape index (κ3) is 8.01. The second-order valence-electron chi connectivity index (χ2n) is 29.5. The fourth-order valence-electron chi connectivity index (χ4n) is 15.9. The molecule has 82 heavy (non-hydrogen) atoms. The van der Waals surface area contributed by atoms with Gasteiger partial charge in [0.15, 0.2) is 0 Å². The summed E-state index contributed by atoms with van der Waals surface area (Å²) in [6.45, 7) is 36.7. The quantitative estimate of drug-likeness (QED) is 0.154. The third-order valence-corrected chi connectivity index (χ3v) is 22.4. The third-order valence-electron chi connectivity index (χ3n) is 21.2. The molecule has 414 valence electrons. The van der Waals surface area contributed by atoms with Crippen molar-refractivity contribution in [1.82, 2.24) is 0 Å². The van der Waals surface area contributed by atoms with Gasteiger partial charge >= 0.3 is 6.85 Å². The molecule has 0 amide bonds. The summed E-state index contributed by atoms with van der Waals surface area (Å²) in [5.74, 6) is 0. The van der Waals surface area contributed by atoms with Gasteiger partial charge in [-0.1, -0.05) is 156 Å². The van der Waals surface area contributed by atoms with Crippen LogP contribution in [0.25, 0.3) is 32.3 Å². The summed E-state index contributed by atoms with van der Waals surface area (Å²) in [5.41, 5.74) is 29.6. The van der Waals surface area contributed by atoms with Crippen LogP contribution < -0.4 is 24.9 Å². The van der Waals surface area contributed by atoms with Crippen LogP contribution in [0.2, 0.25) is 0 Å². The van der Waals surface area contributed by atoms with E-state index in [0.717, 1.165) is 29.9 Å². The van der Waals surface area contributed by atoms with Crippen LogP contribution >= 0.6 is 11.3 Å². The zero-order valence-electron chi connectivity index (χ0n) is 51.5. The van der Waals surface area contributed by atoms with Crippen LogP contribution in [0.3, 0.4) is 0 Å². The maximum Gasteiger partial charge on any atom is 0.343 e. The Bertz CT molecular complexity index is 4050. The van der Waals surface area contributed by atoms with E-state index < -0.39 is 0 Å². The number of para-hydroxylation sites is 2. The molecule has 0 unspecified atom stereocenters. The van der Waals surface area contributed by atoms with Crippen LogP contribution in [0.15, 0.2) is 152 Å². The minimum atomic E-state index is -0.144. The highest BCUT2D eigenvalue weighted by molar-refractivity contribution is 7.32. The number of benzene rings is 8. The van der Waals surface area contributed by atoms with Crippen molar-refractivity contribution in [2.75, 3.05) is 14.6 Å². The van der Waals surface area contributed by atoms with Gasteiger partial charge in [0.05, 0.1) is 5.69 Å². The van der Waals surface area contributed by atoms with Gasteiger partial charge in [-0.25, -0.2) is 0 Å². The van der Waals surface area contributed by atoms with E-state index in [0.29, 0.717) is 0 Å². The maximum absolute atomic E-state index is 2.82. The molecule has 9 aromatic rings. The van der Waals surface area contributed by atoms with Crippen molar-refractivity contribution in [3.8, 4) is 22.3 Å². The van der Waals surface area contributed by atoms with E-state index in [2.05, 4.69) is 281 Å². The highest BCUT2D eigenvalue weighted by Crippen LogP contribution is 2.58. The molecule has 5 aliphatic rings. The summed E-state index contributed by atoms with van der Waals surface area (Å²) < 4.78 is 2.79. The Hall–Kier alpha value is -6.82. The van der Waals surface area contributed by atoms with Gasteiger partial charge in [0.25, 0.3) is 0 Å². The molecule has 5 heteroatoms. The Kier molecular flexibility index (Phi) is 11.7. The predicted molar refractivity (Wildman–Crippen MR) is 356 cm³/mol. The van der Waals surface area contributed by atoms with Gasteiger partial charge in [0.1, 0.15) is 0 Å². The van der Waals surface area contributed by atoms with E-state index in [4.69, 9.17) is 0 Å².